The molecule has 0 unspecified atom stereocenters. The number of hydrogen-bond donors (Lipinski definition) is 0. The molecule has 1 aliphatic carbocycles. The zero-order chi connectivity index (χ0) is 19.9. The van der Waals surface area contributed by atoms with Crippen LogP contribution in [0.25, 0.3) is 0 Å². The lowest BCUT2D eigenvalue weighted by atomic mass is 9.79. The lowest BCUT2D eigenvalue weighted by Gasteiger charge is -2.44. The summed E-state index contributed by atoms with van der Waals surface area (Å²) in [5.74, 6) is -0.285. The number of nitrogens with zero attached hydrogens (tertiary/aromatic N) is 2. The van der Waals surface area contributed by atoms with Gasteiger partial charge in [-0.3, -0.25) is 9.59 Å². The average molecular weight is 388 g/mol. The maximum absolute atomic E-state index is 13.4. The molecule has 1 saturated heterocycles. The molecule has 1 aromatic heterocycles. The van der Waals surface area contributed by atoms with Crippen LogP contribution in [0.2, 0.25) is 0 Å². The second-order valence-electron chi connectivity index (χ2n) is 8.20. The van der Waals surface area contributed by atoms with Gasteiger partial charge in [0.15, 0.2) is 11.4 Å². The number of amides is 1. The monoisotopic (exact) mass is 388 g/mol. The van der Waals surface area contributed by atoms with E-state index in [4.69, 9.17) is 9.47 Å². The smallest absolute Gasteiger partial charge is 0.343 e. The Kier molecular flexibility index (Phi) is 4.93. The van der Waals surface area contributed by atoms with Gasteiger partial charge in [0.05, 0.1) is 18.8 Å². The molecular weight excluding hydrogens is 360 g/mol. The fraction of sp³-hybridized carbons (Fsp3) is 0.667. The molecule has 28 heavy (non-hydrogen) atoms. The van der Waals surface area contributed by atoms with Crippen molar-refractivity contribution >= 4 is 11.9 Å². The third-order valence-corrected chi connectivity index (χ3v) is 6.33. The number of carbonyl (C=O) groups is 2. The van der Waals surface area contributed by atoms with Crippen molar-refractivity contribution in [2.45, 2.75) is 64.5 Å². The van der Waals surface area contributed by atoms with Crippen LogP contribution in [0.4, 0.5) is 0 Å². The summed E-state index contributed by atoms with van der Waals surface area (Å²) in [6, 6.07) is 0. The first-order chi connectivity index (χ1) is 13.5. The van der Waals surface area contributed by atoms with E-state index in [0.29, 0.717) is 19.1 Å². The Balaban J connectivity index is 1.82. The van der Waals surface area contributed by atoms with Gasteiger partial charge in [0.1, 0.15) is 5.56 Å². The Morgan fingerprint density at radius 3 is 2.89 bits per heavy atom. The molecule has 3 heterocycles. The average Bonchev–Trinajstić information content (AvgIpc) is 2.93. The van der Waals surface area contributed by atoms with Gasteiger partial charge in [0, 0.05) is 19.3 Å². The van der Waals surface area contributed by atoms with Crippen LogP contribution in [0.5, 0.6) is 5.75 Å². The summed E-state index contributed by atoms with van der Waals surface area (Å²) in [5.41, 5.74) is -0.519. The Morgan fingerprint density at radius 2 is 2.14 bits per heavy atom. The SMILES string of the molecule is CCCCOc1c2n(cc(C(=O)OCC)c1=O)C[C@@]13CCC[C@@H](CN1C2=O)C3. The predicted molar refractivity (Wildman–Crippen MR) is 103 cm³/mol. The van der Waals surface area contributed by atoms with Crippen molar-refractivity contribution in [3.8, 4) is 5.75 Å². The molecule has 1 spiro atoms. The summed E-state index contributed by atoms with van der Waals surface area (Å²) in [6.45, 7) is 5.60. The van der Waals surface area contributed by atoms with Gasteiger partial charge in [-0.05, 0) is 38.5 Å². The first-order valence-corrected chi connectivity index (χ1v) is 10.4. The topological polar surface area (TPSA) is 77.8 Å². The van der Waals surface area contributed by atoms with E-state index >= 15 is 0 Å². The maximum Gasteiger partial charge on any atom is 0.343 e. The molecule has 3 aliphatic rings. The number of unbranched alkanes of at least 4 members (excludes halogenated alkanes) is 1. The minimum Gasteiger partial charge on any atom is -0.487 e. The molecule has 152 valence electrons. The van der Waals surface area contributed by atoms with Crippen LogP contribution in [-0.2, 0) is 11.3 Å². The first-order valence-electron chi connectivity index (χ1n) is 10.4. The summed E-state index contributed by atoms with van der Waals surface area (Å²) < 4.78 is 12.6. The number of rotatable bonds is 6. The van der Waals surface area contributed by atoms with E-state index in [2.05, 4.69) is 0 Å². The predicted octanol–water partition coefficient (Wildman–Crippen LogP) is 2.60. The number of pyridine rings is 1. The van der Waals surface area contributed by atoms with Crippen LogP contribution in [0.3, 0.4) is 0 Å². The van der Waals surface area contributed by atoms with E-state index in [1.807, 2.05) is 11.8 Å². The van der Waals surface area contributed by atoms with Crippen molar-refractivity contribution in [1.29, 1.82) is 0 Å². The van der Waals surface area contributed by atoms with Crippen molar-refractivity contribution in [3.05, 3.63) is 27.7 Å². The van der Waals surface area contributed by atoms with Gasteiger partial charge in [-0.2, -0.15) is 0 Å². The molecule has 1 amide bonds. The molecule has 1 saturated carbocycles. The summed E-state index contributed by atoms with van der Waals surface area (Å²) in [7, 11) is 0. The molecule has 2 bridgehead atoms. The Bertz CT molecular complexity index is 861. The number of aromatic nitrogens is 1. The second-order valence-corrected chi connectivity index (χ2v) is 8.20. The van der Waals surface area contributed by atoms with E-state index in [0.717, 1.165) is 45.1 Å². The van der Waals surface area contributed by atoms with Gasteiger partial charge in [0.25, 0.3) is 5.91 Å². The van der Waals surface area contributed by atoms with Crippen LogP contribution in [0.1, 0.15) is 73.2 Å². The molecular formula is C21H28N2O5. The highest BCUT2D eigenvalue weighted by Gasteiger charge is 2.54. The minimum atomic E-state index is -0.663. The zero-order valence-electron chi connectivity index (χ0n) is 16.7. The molecule has 0 aromatic carbocycles. The highest BCUT2D eigenvalue weighted by molar-refractivity contribution is 5.98. The van der Waals surface area contributed by atoms with Gasteiger partial charge in [0.2, 0.25) is 5.43 Å². The third-order valence-electron chi connectivity index (χ3n) is 6.33. The summed E-state index contributed by atoms with van der Waals surface area (Å²) in [4.78, 5) is 40.8. The molecule has 7 heteroatoms. The van der Waals surface area contributed by atoms with E-state index in [9.17, 15) is 14.4 Å². The molecule has 7 nitrogen and oxygen atoms in total. The summed E-state index contributed by atoms with van der Waals surface area (Å²) >= 11 is 0. The van der Waals surface area contributed by atoms with Crippen LogP contribution in [0, 0.1) is 5.92 Å². The fourth-order valence-electron chi connectivity index (χ4n) is 5.08. The first kappa shape index (κ1) is 19.0. The quantitative estimate of drug-likeness (QED) is 0.553. The number of fused-ring (bicyclic) bond motifs is 2. The van der Waals surface area contributed by atoms with E-state index in [-0.39, 0.29) is 35.1 Å². The van der Waals surface area contributed by atoms with Crippen LogP contribution >= 0.6 is 0 Å². The molecule has 4 rings (SSSR count). The third kappa shape index (κ3) is 2.91. The lowest BCUT2D eigenvalue weighted by Crippen LogP contribution is -2.55. The largest absolute Gasteiger partial charge is 0.487 e. The van der Waals surface area contributed by atoms with Gasteiger partial charge in [-0.15, -0.1) is 0 Å². The standard InChI is InChI=1S/C21H28N2O5/c1-3-5-9-28-18-16-19(25)23-11-14-7-6-8-21(23,10-14)13-22(16)12-15(17(18)24)20(26)27-4-2/h12,14H,3-11,13H2,1-2H3/t14-,21+/m1/s1. The highest BCUT2D eigenvalue weighted by atomic mass is 16.5. The van der Waals surface area contributed by atoms with E-state index < -0.39 is 11.4 Å². The van der Waals surface area contributed by atoms with Crippen LogP contribution in [0.15, 0.2) is 11.0 Å². The number of esters is 1. The molecule has 2 aliphatic heterocycles. The van der Waals surface area contributed by atoms with Gasteiger partial charge >= 0.3 is 5.97 Å². The van der Waals surface area contributed by atoms with Crippen molar-refractivity contribution < 1.29 is 19.1 Å². The molecule has 0 radical (unpaired) electrons. The molecule has 0 N–H and O–H groups in total. The summed E-state index contributed by atoms with van der Waals surface area (Å²) in [6.07, 6.45) is 7.39. The second kappa shape index (κ2) is 7.26. The van der Waals surface area contributed by atoms with Gasteiger partial charge in [-0.25, -0.2) is 4.79 Å². The maximum atomic E-state index is 13.4. The Morgan fingerprint density at radius 1 is 1.32 bits per heavy atom. The van der Waals surface area contributed by atoms with Crippen molar-refractivity contribution in [3.63, 3.8) is 0 Å². The number of carbonyl (C=O) groups excluding carboxylic acids is 2. The molecule has 2 atom stereocenters. The minimum absolute atomic E-state index is 0.000278. The van der Waals surface area contributed by atoms with Gasteiger partial charge in [-0.1, -0.05) is 19.8 Å². The van der Waals surface area contributed by atoms with E-state index in [1.54, 1.807) is 11.5 Å². The van der Waals surface area contributed by atoms with E-state index in [1.165, 1.54) is 6.20 Å². The zero-order valence-corrected chi connectivity index (χ0v) is 16.7. The number of hydrogen-bond acceptors (Lipinski definition) is 5. The Hall–Kier alpha value is -2.31. The molecule has 2 fully saturated rings. The highest BCUT2D eigenvalue weighted by Crippen LogP contribution is 2.48. The number of ether oxygens (including phenoxy) is 2. The fourth-order valence-corrected chi connectivity index (χ4v) is 5.08. The van der Waals surface area contributed by atoms with Gasteiger partial charge < -0.3 is 18.9 Å². The van der Waals surface area contributed by atoms with Crippen molar-refractivity contribution in [2.24, 2.45) is 5.92 Å². The van der Waals surface area contributed by atoms with Crippen LogP contribution < -0.4 is 10.2 Å². The Labute approximate surface area is 164 Å². The molecule has 1 aromatic rings. The van der Waals surface area contributed by atoms with Crippen LogP contribution in [-0.4, -0.2) is 46.6 Å². The lowest BCUT2D eigenvalue weighted by molar-refractivity contribution is 0.0408. The van der Waals surface area contributed by atoms with Crippen molar-refractivity contribution in [2.75, 3.05) is 19.8 Å². The normalized spacial score (nSPS) is 25.3. The summed E-state index contributed by atoms with van der Waals surface area (Å²) in [5, 5.41) is 0. The van der Waals surface area contributed by atoms with Crippen molar-refractivity contribution in [1.82, 2.24) is 9.47 Å².